The molecule has 0 atom stereocenters. The molecule has 7 heteroatoms. The smallest absolute Gasteiger partial charge is 0.234 e. The van der Waals surface area contributed by atoms with Gasteiger partial charge in [-0.25, -0.2) is 0 Å². The van der Waals surface area contributed by atoms with Crippen LogP contribution < -0.4 is 5.32 Å². The Morgan fingerprint density at radius 2 is 1.77 bits per heavy atom. The molecule has 2 heterocycles. The van der Waals surface area contributed by atoms with Crippen LogP contribution in [0.4, 0.5) is 5.69 Å². The summed E-state index contributed by atoms with van der Waals surface area (Å²) in [5.41, 5.74) is 5.12. The summed E-state index contributed by atoms with van der Waals surface area (Å²) in [6.45, 7) is 4.65. The van der Waals surface area contributed by atoms with E-state index in [2.05, 4.69) is 38.7 Å². The number of nitrogens with one attached hydrogen (secondary N) is 1. The molecule has 0 fully saturated rings. The van der Waals surface area contributed by atoms with Crippen molar-refractivity contribution in [3.8, 4) is 11.4 Å². The van der Waals surface area contributed by atoms with Crippen molar-refractivity contribution in [2.75, 3.05) is 11.1 Å². The van der Waals surface area contributed by atoms with Gasteiger partial charge in [0.25, 0.3) is 0 Å². The van der Waals surface area contributed by atoms with Crippen molar-refractivity contribution in [3.05, 3.63) is 89.7 Å². The Hall–Kier alpha value is -3.45. The van der Waals surface area contributed by atoms with E-state index in [4.69, 9.17) is 0 Å². The summed E-state index contributed by atoms with van der Waals surface area (Å²) >= 11 is 1.38. The number of amides is 1. The molecule has 0 aliphatic carbocycles. The van der Waals surface area contributed by atoms with E-state index in [0.717, 1.165) is 28.2 Å². The van der Waals surface area contributed by atoms with Gasteiger partial charge in [-0.05, 0) is 43.2 Å². The van der Waals surface area contributed by atoms with Gasteiger partial charge in [0.05, 0.1) is 12.3 Å². The first-order chi connectivity index (χ1) is 15.1. The third kappa shape index (κ3) is 5.19. The van der Waals surface area contributed by atoms with Crippen LogP contribution in [0.2, 0.25) is 0 Å². The zero-order valence-corrected chi connectivity index (χ0v) is 18.3. The van der Waals surface area contributed by atoms with Crippen molar-refractivity contribution in [1.29, 1.82) is 0 Å². The second-order valence-electron chi connectivity index (χ2n) is 7.27. The summed E-state index contributed by atoms with van der Waals surface area (Å²) in [4.78, 5) is 16.7. The molecule has 0 saturated heterocycles. The fourth-order valence-electron chi connectivity index (χ4n) is 3.29. The quantitative estimate of drug-likeness (QED) is 0.430. The van der Waals surface area contributed by atoms with Crippen LogP contribution >= 0.6 is 11.8 Å². The molecule has 0 bridgehead atoms. The van der Waals surface area contributed by atoms with Gasteiger partial charge in [0.2, 0.25) is 5.91 Å². The van der Waals surface area contributed by atoms with Crippen molar-refractivity contribution in [1.82, 2.24) is 19.7 Å². The van der Waals surface area contributed by atoms with E-state index >= 15 is 0 Å². The molecule has 1 N–H and O–H groups in total. The number of aromatic nitrogens is 4. The number of hydrogen-bond acceptors (Lipinski definition) is 5. The Balaban J connectivity index is 1.53. The number of thioether (sulfide) groups is 1. The lowest BCUT2D eigenvalue weighted by molar-refractivity contribution is -0.113. The molecule has 4 aromatic rings. The number of aryl methyl sites for hydroxylation is 2. The molecule has 2 aromatic carbocycles. The van der Waals surface area contributed by atoms with E-state index in [9.17, 15) is 4.79 Å². The number of pyridine rings is 1. The van der Waals surface area contributed by atoms with Gasteiger partial charge in [-0.2, -0.15) is 0 Å². The highest BCUT2D eigenvalue weighted by Gasteiger charge is 2.16. The largest absolute Gasteiger partial charge is 0.325 e. The highest BCUT2D eigenvalue weighted by Crippen LogP contribution is 2.25. The van der Waals surface area contributed by atoms with Crippen LogP contribution in [0, 0.1) is 13.8 Å². The normalized spacial score (nSPS) is 10.8. The lowest BCUT2D eigenvalue weighted by Crippen LogP contribution is -2.15. The van der Waals surface area contributed by atoms with Crippen molar-refractivity contribution < 1.29 is 4.79 Å². The van der Waals surface area contributed by atoms with Crippen LogP contribution in [0.3, 0.4) is 0 Å². The standard InChI is InChI=1S/C24H23N5OS/c1-17-8-9-21(18(2)14-17)26-22(30)16-31-24-28-27-23(20-10-12-25-13-11-20)29(24)15-19-6-4-3-5-7-19/h3-14H,15-16H2,1-2H3,(H,26,30). The minimum absolute atomic E-state index is 0.0725. The average molecular weight is 430 g/mol. The van der Waals surface area contributed by atoms with Gasteiger partial charge < -0.3 is 5.32 Å². The van der Waals surface area contributed by atoms with Crippen molar-refractivity contribution in [3.63, 3.8) is 0 Å². The highest BCUT2D eigenvalue weighted by atomic mass is 32.2. The summed E-state index contributed by atoms with van der Waals surface area (Å²) in [6, 6.07) is 20.0. The number of carbonyl (C=O) groups excluding carboxylic acids is 1. The summed E-state index contributed by atoms with van der Waals surface area (Å²) in [7, 11) is 0. The molecule has 0 aliphatic heterocycles. The molecule has 31 heavy (non-hydrogen) atoms. The lowest BCUT2D eigenvalue weighted by atomic mass is 10.1. The fraction of sp³-hybridized carbons (Fsp3) is 0.167. The molecular weight excluding hydrogens is 406 g/mol. The Kier molecular flexibility index (Phi) is 6.43. The monoisotopic (exact) mass is 429 g/mol. The predicted molar refractivity (Wildman–Crippen MR) is 124 cm³/mol. The van der Waals surface area contributed by atoms with Gasteiger partial charge in [0, 0.05) is 23.6 Å². The highest BCUT2D eigenvalue weighted by molar-refractivity contribution is 7.99. The average Bonchev–Trinajstić information content (AvgIpc) is 3.18. The van der Waals surface area contributed by atoms with Gasteiger partial charge in [0.1, 0.15) is 0 Å². The molecule has 4 rings (SSSR count). The first kappa shape index (κ1) is 20.8. The SMILES string of the molecule is Cc1ccc(NC(=O)CSc2nnc(-c3ccncc3)n2Cc2ccccc2)c(C)c1. The molecular formula is C24H23N5OS. The number of benzene rings is 2. The second-order valence-corrected chi connectivity index (χ2v) is 8.21. The molecule has 0 radical (unpaired) electrons. The predicted octanol–water partition coefficient (Wildman–Crippen LogP) is 4.74. The first-order valence-electron chi connectivity index (χ1n) is 9.97. The number of carbonyl (C=O) groups is 1. The number of rotatable bonds is 7. The van der Waals surface area contributed by atoms with Crippen LogP contribution in [0.5, 0.6) is 0 Å². The van der Waals surface area contributed by atoms with Crippen LogP contribution in [0.15, 0.2) is 78.2 Å². The lowest BCUT2D eigenvalue weighted by Gasteiger charge is -2.11. The molecule has 0 unspecified atom stereocenters. The molecule has 0 saturated carbocycles. The number of nitrogens with zero attached hydrogens (tertiary/aromatic N) is 4. The van der Waals surface area contributed by atoms with Gasteiger partial charge in [-0.1, -0.05) is 59.8 Å². The van der Waals surface area contributed by atoms with Crippen LogP contribution in [0.25, 0.3) is 11.4 Å². The minimum Gasteiger partial charge on any atom is -0.325 e. The number of anilines is 1. The summed E-state index contributed by atoms with van der Waals surface area (Å²) in [5.74, 6) is 0.927. The van der Waals surface area contributed by atoms with E-state index < -0.39 is 0 Å². The molecule has 0 spiro atoms. The zero-order chi connectivity index (χ0) is 21.6. The third-order valence-electron chi connectivity index (χ3n) is 4.83. The second kappa shape index (κ2) is 9.57. The Morgan fingerprint density at radius 1 is 1.00 bits per heavy atom. The zero-order valence-electron chi connectivity index (χ0n) is 17.4. The molecule has 0 aliphatic rings. The molecule has 156 valence electrons. The van der Waals surface area contributed by atoms with Crippen molar-refractivity contribution in [2.24, 2.45) is 0 Å². The van der Waals surface area contributed by atoms with E-state index in [1.165, 1.54) is 17.3 Å². The van der Waals surface area contributed by atoms with E-state index in [1.807, 2.05) is 60.9 Å². The summed E-state index contributed by atoms with van der Waals surface area (Å²) in [6.07, 6.45) is 3.47. The van der Waals surface area contributed by atoms with Crippen LogP contribution in [-0.4, -0.2) is 31.4 Å². The summed E-state index contributed by atoms with van der Waals surface area (Å²) in [5, 5.41) is 12.5. The topological polar surface area (TPSA) is 72.7 Å². The summed E-state index contributed by atoms with van der Waals surface area (Å²) < 4.78 is 2.04. The van der Waals surface area contributed by atoms with E-state index in [1.54, 1.807) is 12.4 Å². The minimum atomic E-state index is -0.0725. The van der Waals surface area contributed by atoms with Gasteiger partial charge in [0.15, 0.2) is 11.0 Å². The maximum Gasteiger partial charge on any atom is 0.234 e. The molecule has 1 amide bonds. The Morgan fingerprint density at radius 3 is 2.52 bits per heavy atom. The Labute approximate surface area is 185 Å². The van der Waals surface area contributed by atoms with Crippen LogP contribution in [-0.2, 0) is 11.3 Å². The maximum absolute atomic E-state index is 12.6. The van der Waals surface area contributed by atoms with Gasteiger partial charge >= 0.3 is 0 Å². The van der Waals surface area contributed by atoms with E-state index in [-0.39, 0.29) is 11.7 Å². The van der Waals surface area contributed by atoms with Gasteiger partial charge in [-0.15, -0.1) is 10.2 Å². The third-order valence-corrected chi connectivity index (χ3v) is 5.79. The number of hydrogen-bond donors (Lipinski definition) is 1. The van der Waals surface area contributed by atoms with Crippen LogP contribution in [0.1, 0.15) is 16.7 Å². The fourth-order valence-corrected chi connectivity index (χ4v) is 4.03. The molecule has 6 nitrogen and oxygen atoms in total. The van der Waals surface area contributed by atoms with Crippen molar-refractivity contribution in [2.45, 2.75) is 25.5 Å². The first-order valence-corrected chi connectivity index (χ1v) is 11.0. The molecule has 2 aromatic heterocycles. The van der Waals surface area contributed by atoms with Gasteiger partial charge in [-0.3, -0.25) is 14.3 Å². The maximum atomic E-state index is 12.6. The Bertz CT molecular complexity index is 1180. The van der Waals surface area contributed by atoms with Crippen molar-refractivity contribution >= 4 is 23.4 Å². The van der Waals surface area contributed by atoms with E-state index in [0.29, 0.717) is 11.7 Å².